The lowest BCUT2D eigenvalue weighted by Gasteiger charge is -2.23. The summed E-state index contributed by atoms with van der Waals surface area (Å²) in [6.45, 7) is 0. The lowest BCUT2D eigenvalue weighted by molar-refractivity contribution is -0.124. The van der Waals surface area contributed by atoms with Crippen LogP contribution in [0, 0.1) is 5.92 Å². The minimum absolute atomic E-state index is 0.0168. The molecule has 74 valence electrons. The van der Waals surface area contributed by atoms with Crippen molar-refractivity contribution in [3.8, 4) is 0 Å². The molecule has 1 fully saturated rings. The Hall–Kier alpha value is -0.960. The van der Waals surface area contributed by atoms with Gasteiger partial charge in [0.05, 0.1) is 11.3 Å². The van der Waals surface area contributed by atoms with Crippen LogP contribution in [0.3, 0.4) is 0 Å². The van der Waals surface area contributed by atoms with E-state index in [1.54, 1.807) is 6.07 Å². The molecule has 2 rings (SSSR count). The van der Waals surface area contributed by atoms with E-state index in [2.05, 4.69) is 0 Å². The number of carbonyl (C=O) groups is 2. The summed E-state index contributed by atoms with van der Waals surface area (Å²) in [6, 6.07) is 3.62. The van der Waals surface area contributed by atoms with Gasteiger partial charge in [0, 0.05) is 5.92 Å². The van der Waals surface area contributed by atoms with Crippen molar-refractivity contribution in [3.63, 3.8) is 0 Å². The maximum Gasteiger partial charge on any atom is 0.180 e. The highest BCUT2D eigenvalue weighted by Crippen LogP contribution is 2.28. The lowest BCUT2D eigenvalue weighted by atomic mass is 9.80. The molecular weight excluding hydrogens is 196 g/mol. The highest BCUT2D eigenvalue weighted by atomic mass is 32.1. The van der Waals surface area contributed by atoms with Gasteiger partial charge in [-0.1, -0.05) is 12.5 Å². The smallest absolute Gasteiger partial charge is 0.180 e. The van der Waals surface area contributed by atoms with E-state index in [0.717, 1.165) is 19.3 Å². The Bertz CT molecular complexity index is 336. The number of ketones is 2. The first-order valence-electron chi connectivity index (χ1n) is 4.87. The SMILES string of the molecule is O=C(CC(=O)C1CCC1)c1cccs1. The summed E-state index contributed by atoms with van der Waals surface area (Å²) in [6.07, 6.45) is 3.21. The Morgan fingerprint density at radius 1 is 1.43 bits per heavy atom. The van der Waals surface area contributed by atoms with E-state index < -0.39 is 0 Å². The molecular formula is C11H12O2S. The van der Waals surface area contributed by atoms with Crippen LogP contribution in [0.5, 0.6) is 0 Å². The molecule has 0 N–H and O–H groups in total. The summed E-state index contributed by atoms with van der Waals surface area (Å²) < 4.78 is 0. The molecule has 0 aromatic carbocycles. The second kappa shape index (κ2) is 4.05. The molecule has 0 amide bonds. The highest BCUT2D eigenvalue weighted by Gasteiger charge is 2.26. The number of rotatable bonds is 4. The first-order valence-corrected chi connectivity index (χ1v) is 5.75. The highest BCUT2D eigenvalue weighted by molar-refractivity contribution is 7.12. The van der Waals surface area contributed by atoms with Gasteiger partial charge >= 0.3 is 0 Å². The molecule has 3 heteroatoms. The standard InChI is InChI=1S/C11H12O2S/c12-9(8-3-1-4-8)7-10(13)11-5-2-6-14-11/h2,5-6,8H,1,3-4,7H2. The van der Waals surface area contributed by atoms with Gasteiger partial charge < -0.3 is 0 Å². The lowest BCUT2D eigenvalue weighted by Crippen LogP contribution is -2.23. The van der Waals surface area contributed by atoms with E-state index in [-0.39, 0.29) is 23.9 Å². The quantitative estimate of drug-likeness (QED) is 0.563. The Kier molecular flexibility index (Phi) is 2.77. The van der Waals surface area contributed by atoms with E-state index in [4.69, 9.17) is 0 Å². The summed E-state index contributed by atoms with van der Waals surface area (Å²) in [5.74, 6) is 0.297. The van der Waals surface area contributed by atoms with Gasteiger partial charge in [0.25, 0.3) is 0 Å². The second-order valence-electron chi connectivity index (χ2n) is 3.67. The van der Waals surface area contributed by atoms with Gasteiger partial charge in [-0.25, -0.2) is 0 Å². The summed E-state index contributed by atoms with van der Waals surface area (Å²) in [5, 5.41) is 1.86. The molecule has 0 spiro atoms. The normalized spacial score (nSPS) is 16.3. The van der Waals surface area contributed by atoms with Crippen molar-refractivity contribution in [2.75, 3.05) is 0 Å². The van der Waals surface area contributed by atoms with Gasteiger partial charge in [-0.2, -0.15) is 0 Å². The fraction of sp³-hybridized carbons (Fsp3) is 0.455. The molecule has 1 saturated carbocycles. The topological polar surface area (TPSA) is 34.1 Å². The zero-order valence-corrected chi connectivity index (χ0v) is 8.68. The molecule has 0 radical (unpaired) electrons. The van der Waals surface area contributed by atoms with Crippen molar-refractivity contribution >= 4 is 22.9 Å². The van der Waals surface area contributed by atoms with E-state index in [1.807, 2.05) is 11.4 Å². The van der Waals surface area contributed by atoms with Crippen LogP contribution in [-0.2, 0) is 4.79 Å². The number of hydrogen-bond donors (Lipinski definition) is 0. The van der Waals surface area contributed by atoms with Crippen LogP contribution in [0.1, 0.15) is 35.4 Å². The van der Waals surface area contributed by atoms with Crippen molar-refractivity contribution in [2.24, 2.45) is 5.92 Å². The maximum absolute atomic E-state index is 11.6. The summed E-state index contributed by atoms with van der Waals surface area (Å²) in [5.41, 5.74) is 0. The molecule has 0 unspecified atom stereocenters. The fourth-order valence-electron chi connectivity index (χ4n) is 1.56. The molecule has 0 aliphatic heterocycles. The monoisotopic (exact) mass is 208 g/mol. The largest absolute Gasteiger partial charge is 0.299 e. The van der Waals surface area contributed by atoms with Crippen molar-refractivity contribution < 1.29 is 9.59 Å². The Morgan fingerprint density at radius 2 is 2.21 bits per heavy atom. The average Bonchev–Trinajstić information content (AvgIpc) is 2.51. The Balaban J connectivity index is 1.91. The Labute approximate surface area is 86.9 Å². The van der Waals surface area contributed by atoms with Crippen molar-refractivity contribution in [1.29, 1.82) is 0 Å². The summed E-state index contributed by atoms with van der Waals surface area (Å²) >= 11 is 1.41. The molecule has 14 heavy (non-hydrogen) atoms. The third-order valence-electron chi connectivity index (χ3n) is 2.69. The van der Waals surface area contributed by atoms with Gasteiger partial charge in [-0.05, 0) is 24.3 Å². The molecule has 2 nitrogen and oxygen atoms in total. The maximum atomic E-state index is 11.6. The summed E-state index contributed by atoms with van der Waals surface area (Å²) in [4.78, 5) is 23.8. The van der Waals surface area contributed by atoms with Gasteiger partial charge in [-0.3, -0.25) is 9.59 Å². The zero-order valence-electron chi connectivity index (χ0n) is 7.86. The van der Waals surface area contributed by atoms with Crippen LogP contribution >= 0.6 is 11.3 Å². The zero-order chi connectivity index (χ0) is 9.97. The first kappa shape index (κ1) is 9.59. The first-order chi connectivity index (χ1) is 6.77. The van der Waals surface area contributed by atoms with Gasteiger partial charge in [0.1, 0.15) is 5.78 Å². The molecule has 1 aromatic rings. The third-order valence-corrected chi connectivity index (χ3v) is 3.60. The number of carbonyl (C=O) groups excluding carboxylic acids is 2. The molecule has 0 atom stereocenters. The number of thiophene rings is 1. The predicted molar refractivity (Wildman–Crippen MR) is 55.6 cm³/mol. The van der Waals surface area contributed by atoms with Crippen LogP contribution in [0.25, 0.3) is 0 Å². The average molecular weight is 208 g/mol. The third kappa shape index (κ3) is 1.93. The number of hydrogen-bond acceptors (Lipinski definition) is 3. The van der Waals surface area contributed by atoms with Crippen molar-refractivity contribution in [3.05, 3.63) is 22.4 Å². The molecule has 1 aliphatic rings. The molecule has 0 saturated heterocycles. The van der Waals surface area contributed by atoms with E-state index in [0.29, 0.717) is 4.88 Å². The molecule has 1 aliphatic carbocycles. The van der Waals surface area contributed by atoms with Crippen LogP contribution in [0.4, 0.5) is 0 Å². The predicted octanol–water partition coefficient (Wildman–Crippen LogP) is 2.69. The van der Waals surface area contributed by atoms with Crippen LogP contribution < -0.4 is 0 Å². The Morgan fingerprint density at radius 3 is 2.71 bits per heavy atom. The van der Waals surface area contributed by atoms with Crippen molar-refractivity contribution in [1.82, 2.24) is 0 Å². The van der Waals surface area contributed by atoms with Crippen LogP contribution in [0.2, 0.25) is 0 Å². The van der Waals surface area contributed by atoms with Gasteiger partial charge in [0.15, 0.2) is 5.78 Å². The van der Waals surface area contributed by atoms with E-state index >= 15 is 0 Å². The molecule has 1 heterocycles. The number of Topliss-reactive ketones (excluding diaryl/α,β-unsaturated/α-hetero) is 2. The fourth-order valence-corrected chi connectivity index (χ4v) is 2.22. The second-order valence-corrected chi connectivity index (χ2v) is 4.62. The van der Waals surface area contributed by atoms with Crippen molar-refractivity contribution in [2.45, 2.75) is 25.7 Å². The molecule has 0 bridgehead atoms. The van der Waals surface area contributed by atoms with E-state index in [9.17, 15) is 9.59 Å². The molecule has 1 aromatic heterocycles. The minimum Gasteiger partial charge on any atom is -0.299 e. The van der Waals surface area contributed by atoms with Gasteiger partial charge in [-0.15, -0.1) is 11.3 Å². The van der Waals surface area contributed by atoms with Gasteiger partial charge in [0.2, 0.25) is 0 Å². The van der Waals surface area contributed by atoms with Crippen LogP contribution in [-0.4, -0.2) is 11.6 Å². The van der Waals surface area contributed by atoms with Crippen LogP contribution in [0.15, 0.2) is 17.5 Å². The van der Waals surface area contributed by atoms with E-state index in [1.165, 1.54) is 11.3 Å². The summed E-state index contributed by atoms with van der Waals surface area (Å²) in [7, 11) is 0. The minimum atomic E-state index is -0.0168.